The molecule has 1 aliphatic carbocycles. The lowest BCUT2D eigenvalue weighted by molar-refractivity contribution is 0.0600. The number of nitrogens with zero attached hydrogens (tertiary/aromatic N) is 1. The largest absolute Gasteiger partial charge is 0.465 e. The summed E-state index contributed by atoms with van der Waals surface area (Å²) in [6, 6.07) is 18.4. The minimum atomic E-state index is -0.349. The lowest BCUT2D eigenvalue weighted by atomic mass is 9.82. The first-order chi connectivity index (χ1) is 12.0. The van der Waals surface area contributed by atoms with Crippen LogP contribution in [0.5, 0.6) is 0 Å². The molecule has 0 unspecified atom stereocenters. The molecular weight excluding hydrogens is 310 g/mol. The van der Waals surface area contributed by atoms with E-state index in [1.165, 1.54) is 29.4 Å². The first kappa shape index (κ1) is 15.6. The molecule has 4 rings (SSSR count). The number of hydrogen-bond acceptors (Lipinski definition) is 3. The maximum absolute atomic E-state index is 11.8. The first-order valence-corrected chi connectivity index (χ1v) is 8.31. The van der Waals surface area contributed by atoms with Crippen molar-refractivity contribution < 1.29 is 9.53 Å². The van der Waals surface area contributed by atoms with E-state index in [4.69, 9.17) is 4.74 Å². The van der Waals surface area contributed by atoms with Gasteiger partial charge in [0.25, 0.3) is 0 Å². The number of pyridine rings is 1. The molecule has 0 amide bonds. The van der Waals surface area contributed by atoms with Crippen LogP contribution in [-0.4, -0.2) is 18.1 Å². The van der Waals surface area contributed by atoms with Gasteiger partial charge in [-0.3, -0.25) is 4.98 Å². The fourth-order valence-corrected chi connectivity index (χ4v) is 3.70. The smallest absolute Gasteiger partial charge is 0.337 e. The molecule has 2 aromatic carbocycles. The predicted molar refractivity (Wildman–Crippen MR) is 98.6 cm³/mol. The molecule has 1 heterocycles. The highest BCUT2D eigenvalue weighted by Crippen LogP contribution is 2.49. The molecule has 0 bridgehead atoms. The molecule has 124 valence electrons. The van der Waals surface area contributed by atoms with Gasteiger partial charge in [-0.15, -0.1) is 0 Å². The molecule has 0 saturated carbocycles. The third-order valence-electron chi connectivity index (χ3n) is 5.06. The van der Waals surface area contributed by atoms with Crippen molar-refractivity contribution in [1.29, 1.82) is 0 Å². The number of rotatable bonds is 2. The van der Waals surface area contributed by atoms with Crippen molar-refractivity contribution in [2.75, 3.05) is 7.11 Å². The number of carbonyl (C=O) groups is 1. The number of benzene rings is 2. The molecule has 0 fully saturated rings. The van der Waals surface area contributed by atoms with Gasteiger partial charge in [-0.05, 0) is 40.5 Å². The summed E-state index contributed by atoms with van der Waals surface area (Å²) < 4.78 is 4.81. The SMILES string of the molecule is COC(=O)c1ccnc(-c2ccc3c(c2)C(C)(C)c2ccccc2-3)c1. The van der Waals surface area contributed by atoms with E-state index in [0.29, 0.717) is 5.56 Å². The molecule has 0 atom stereocenters. The van der Waals surface area contributed by atoms with E-state index in [0.717, 1.165) is 11.3 Å². The molecule has 3 nitrogen and oxygen atoms in total. The van der Waals surface area contributed by atoms with Crippen molar-refractivity contribution >= 4 is 5.97 Å². The Hall–Kier alpha value is -2.94. The molecule has 1 aliphatic rings. The molecule has 0 spiro atoms. The molecule has 0 N–H and O–H groups in total. The van der Waals surface area contributed by atoms with E-state index >= 15 is 0 Å². The number of methoxy groups -OCH3 is 1. The maximum Gasteiger partial charge on any atom is 0.337 e. The third kappa shape index (κ3) is 2.35. The van der Waals surface area contributed by atoms with Crippen molar-refractivity contribution in [3.05, 3.63) is 77.5 Å². The standard InChI is InChI=1S/C22H19NO2/c1-22(2)18-7-5-4-6-16(18)17-9-8-14(12-19(17)22)20-13-15(10-11-23-20)21(24)25-3/h4-13H,1-3H3. The molecule has 25 heavy (non-hydrogen) atoms. The Kier molecular flexibility index (Phi) is 3.46. The van der Waals surface area contributed by atoms with E-state index in [2.05, 4.69) is 61.3 Å². The highest BCUT2D eigenvalue weighted by molar-refractivity contribution is 5.90. The summed E-state index contributed by atoms with van der Waals surface area (Å²) >= 11 is 0. The summed E-state index contributed by atoms with van der Waals surface area (Å²) in [5.74, 6) is -0.349. The number of esters is 1. The Balaban J connectivity index is 1.84. The Morgan fingerprint density at radius 3 is 2.52 bits per heavy atom. The molecule has 0 aliphatic heterocycles. The number of carbonyl (C=O) groups excluding carboxylic acids is 1. The van der Waals surface area contributed by atoms with Crippen LogP contribution in [0, 0.1) is 0 Å². The zero-order valence-corrected chi connectivity index (χ0v) is 14.5. The highest BCUT2D eigenvalue weighted by Gasteiger charge is 2.35. The van der Waals surface area contributed by atoms with Gasteiger partial charge in [0.1, 0.15) is 0 Å². The number of hydrogen-bond donors (Lipinski definition) is 0. The van der Waals surface area contributed by atoms with Crippen molar-refractivity contribution in [3.63, 3.8) is 0 Å². The van der Waals surface area contributed by atoms with Crippen LogP contribution < -0.4 is 0 Å². The average molecular weight is 329 g/mol. The van der Waals surface area contributed by atoms with Crippen LogP contribution in [0.2, 0.25) is 0 Å². The van der Waals surface area contributed by atoms with Crippen LogP contribution in [0.15, 0.2) is 60.8 Å². The van der Waals surface area contributed by atoms with Crippen molar-refractivity contribution in [3.8, 4) is 22.4 Å². The quantitative estimate of drug-likeness (QED) is 0.631. The van der Waals surface area contributed by atoms with Gasteiger partial charge in [-0.2, -0.15) is 0 Å². The second-order valence-corrected chi connectivity index (χ2v) is 6.85. The third-order valence-corrected chi connectivity index (χ3v) is 5.06. The van der Waals surface area contributed by atoms with Gasteiger partial charge in [-0.25, -0.2) is 4.79 Å². The van der Waals surface area contributed by atoms with Crippen LogP contribution in [0.25, 0.3) is 22.4 Å². The first-order valence-electron chi connectivity index (χ1n) is 8.31. The minimum Gasteiger partial charge on any atom is -0.465 e. The van der Waals surface area contributed by atoms with Gasteiger partial charge in [-0.1, -0.05) is 50.2 Å². The zero-order chi connectivity index (χ0) is 17.6. The predicted octanol–water partition coefficient (Wildman–Crippen LogP) is 4.84. The molecule has 1 aromatic heterocycles. The summed E-state index contributed by atoms with van der Waals surface area (Å²) in [5.41, 5.74) is 7.44. The van der Waals surface area contributed by atoms with Gasteiger partial charge in [0.15, 0.2) is 0 Å². The van der Waals surface area contributed by atoms with Gasteiger partial charge >= 0.3 is 5.97 Å². The van der Waals surface area contributed by atoms with Crippen molar-refractivity contribution in [2.24, 2.45) is 0 Å². The van der Waals surface area contributed by atoms with E-state index in [-0.39, 0.29) is 11.4 Å². The van der Waals surface area contributed by atoms with Crippen LogP contribution in [-0.2, 0) is 10.2 Å². The lowest BCUT2D eigenvalue weighted by Gasteiger charge is -2.21. The van der Waals surface area contributed by atoms with E-state index in [1.807, 2.05) is 0 Å². The van der Waals surface area contributed by atoms with Crippen LogP contribution in [0.1, 0.15) is 35.3 Å². The summed E-state index contributed by atoms with van der Waals surface area (Å²) in [6.07, 6.45) is 1.65. The van der Waals surface area contributed by atoms with Crippen molar-refractivity contribution in [2.45, 2.75) is 19.3 Å². The Bertz CT molecular complexity index is 989. The summed E-state index contributed by atoms with van der Waals surface area (Å²) in [4.78, 5) is 16.2. The number of fused-ring (bicyclic) bond motifs is 3. The maximum atomic E-state index is 11.8. The number of ether oxygens (including phenoxy) is 1. The van der Waals surface area contributed by atoms with Crippen molar-refractivity contribution in [1.82, 2.24) is 4.98 Å². The zero-order valence-electron chi connectivity index (χ0n) is 14.5. The monoisotopic (exact) mass is 329 g/mol. The van der Waals surface area contributed by atoms with Crippen LogP contribution in [0.3, 0.4) is 0 Å². The summed E-state index contributed by atoms with van der Waals surface area (Å²) in [5, 5.41) is 0. The summed E-state index contributed by atoms with van der Waals surface area (Å²) in [7, 11) is 1.39. The van der Waals surface area contributed by atoms with E-state index in [1.54, 1.807) is 18.3 Å². The summed E-state index contributed by atoms with van der Waals surface area (Å²) in [6.45, 7) is 4.50. The van der Waals surface area contributed by atoms with Gasteiger partial charge < -0.3 is 4.74 Å². The molecule has 3 aromatic rings. The molecule has 0 saturated heterocycles. The fourth-order valence-electron chi connectivity index (χ4n) is 3.70. The second kappa shape index (κ2) is 5.55. The van der Waals surface area contributed by atoms with E-state index < -0.39 is 0 Å². The Labute approximate surface area is 147 Å². The van der Waals surface area contributed by atoms with Gasteiger partial charge in [0, 0.05) is 17.2 Å². The van der Waals surface area contributed by atoms with Gasteiger partial charge in [0.05, 0.1) is 18.4 Å². The minimum absolute atomic E-state index is 0.0537. The van der Waals surface area contributed by atoms with Crippen LogP contribution >= 0.6 is 0 Å². The Morgan fingerprint density at radius 1 is 0.960 bits per heavy atom. The second-order valence-electron chi connectivity index (χ2n) is 6.85. The molecule has 3 heteroatoms. The van der Waals surface area contributed by atoms with E-state index in [9.17, 15) is 4.79 Å². The average Bonchev–Trinajstić information content (AvgIpc) is 2.89. The normalized spacial score (nSPS) is 13.9. The van der Waals surface area contributed by atoms with Crippen LogP contribution in [0.4, 0.5) is 0 Å². The van der Waals surface area contributed by atoms with Gasteiger partial charge in [0.2, 0.25) is 0 Å². The molecule has 0 radical (unpaired) electrons. The topological polar surface area (TPSA) is 39.2 Å². The lowest BCUT2D eigenvalue weighted by Crippen LogP contribution is -2.14. The highest BCUT2D eigenvalue weighted by atomic mass is 16.5. The number of aromatic nitrogens is 1. The Morgan fingerprint density at radius 2 is 1.72 bits per heavy atom. The fraction of sp³-hybridized carbons (Fsp3) is 0.182. The molecular formula is C22H19NO2.